The van der Waals surface area contributed by atoms with Gasteiger partial charge in [-0.15, -0.1) is 0 Å². The van der Waals surface area contributed by atoms with Crippen molar-refractivity contribution in [3.63, 3.8) is 0 Å². The molecule has 88 valence electrons. The van der Waals surface area contributed by atoms with Crippen LogP contribution in [0.5, 0.6) is 0 Å². The summed E-state index contributed by atoms with van der Waals surface area (Å²) in [6, 6.07) is -0.190. The summed E-state index contributed by atoms with van der Waals surface area (Å²) in [6.45, 7) is 7.56. The summed E-state index contributed by atoms with van der Waals surface area (Å²) >= 11 is 0. The van der Waals surface area contributed by atoms with Crippen LogP contribution in [0, 0.1) is 5.92 Å². The number of likely N-dealkylation sites (tertiary alicyclic amines) is 1. The zero-order valence-corrected chi connectivity index (χ0v) is 9.77. The molecule has 3 unspecified atom stereocenters. The summed E-state index contributed by atoms with van der Waals surface area (Å²) in [5.41, 5.74) is 0. The lowest BCUT2D eigenvalue weighted by molar-refractivity contribution is -0.149. The molecule has 0 saturated carbocycles. The van der Waals surface area contributed by atoms with Gasteiger partial charge in [0.25, 0.3) is 0 Å². The van der Waals surface area contributed by atoms with Gasteiger partial charge in [0.2, 0.25) is 0 Å². The Morgan fingerprint density at radius 1 is 1.53 bits per heavy atom. The van der Waals surface area contributed by atoms with E-state index in [0.29, 0.717) is 13.2 Å². The molecule has 1 rings (SSSR count). The number of rotatable bonds is 4. The van der Waals surface area contributed by atoms with Crippen LogP contribution in [0.4, 0.5) is 0 Å². The van der Waals surface area contributed by atoms with Crippen LogP contribution >= 0.6 is 0 Å². The molecule has 1 fully saturated rings. The standard InChI is InChI=1S/C11H21NO3/c1-4-9(11(14)15-5-2)12-6-8(3)10(13)7-12/h8-10,13H,4-7H2,1-3H3. The van der Waals surface area contributed by atoms with Gasteiger partial charge >= 0.3 is 5.97 Å². The molecule has 0 radical (unpaired) electrons. The van der Waals surface area contributed by atoms with Gasteiger partial charge in [-0.2, -0.15) is 0 Å². The monoisotopic (exact) mass is 215 g/mol. The second kappa shape index (κ2) is 5.47. The number of hydrogen-bond donors (Lipinski definition) is 1. The van der Waals surface area contributed by atoms with Crippen molar-refractivity contribution in [2.75, 3.05) is 19.7 Å². The van der Waals surface area contributed by atoms with E-state index in [1.807, 2.05) is 25.7 Å². The Balaban J connectivity index is 2.56. The molecule has 0 aromatic heterocycles. The van der Waals surface area contributed by atoms with Crippen LogP contribution in [-0.2, 0) is 9.53 Å². The molecular formula is C11H21NO3. The van der Waals surface area contributed by atoms with Crippen molar-refractivity contribution in [3.8, 4) is 0 Å². The third-order valence-electron chi connectivity index (χ3n) is 2.99. The minimum atomic E-state index is -0.312. The molecule has 4 nitrogen and oxygen atoms in total. The van der Waals surface area contributed by atoms with E-state index in [1.54, 1.807) is 0 Å². The second-order valence-corrected chi connectivity index (χ2v) is 4.17. The lowest BCUT2D eigenvalue weighted by atomic mass is 10.1. The first-order chi connectivity index (χ1) is 7.10. The number of carbonyl (C=O) groups is 1. The fourth-order valence-corrected chi connectivity index (χ4v) is 2.05. The number of nitrogens with zero attached hydrogens (tertiary/aromatic N) is 1. The van der Waals surface area contributed by atoms with Crippen LogP contribution in [0.15, 0.2) is 0 Å². The number of aliphatic hydroxyl groups is 1. The number of aliphatic hydroxyl groups excluding tert-OH is 1. The lowest BCUT2D eigenvalue weighted by Crippen LogP contribution is -2.40. The molecular weight excluding hydrogens is 194 g/mol. The average molecular weight is 215 g/mol. The van der Waals surface area contributed by atoms with Crippen molar-refractivity contribution in [2.24, 2.45) is 5.92 Å². The van der Waals surface area contributed by atoms with Crippen molar-refractivity contribution in [3.05, 3.63) is 0 Å². The summed E-state index contributed by atoms with van der Waals surface area (Å²) in [4.78, 5) is 13.7. The Hall–Kier alpha value is -0.610. The lowest BCUT2D eigenvalue weighted by Gasteiger charge is -2.24. The van der Waals surface area contributed by atoms with Gasteiger partial charge in [-0.1, -0.05) is 13.8 Å². The summed E-state index contributed by atoms with van der Waals surface area (Å²) in [5, 5.41) is 9.63. The highest BCUT2D eigenvalue weighted by Gasteiger charge is 2.35. The topological polar surface area (TPSA) is 49.8 Å². The van der Waals surface area contributed by atoms with Gasteiger partial charge in [0, 0.05) is 13.1 Å². The third-order valence-corrected chi connectivity index (χ3v) is 2.99. The van der Waals surface area contributed by atoms with E-state index in [4.69, 9.17) is 4.74 Å². The van der Waals surface area contributed by atoms with Crippen molar-refractivity contribution in [2.45, 2.75) is 39.3 Å². The van der Waals surface area contributed by atoms with E-state index in [0.717, 1.165) is 13.0 Å². The van der Waals surface area contributed by atoms with Crippen LogP contribution in [0.1, 0.15) is 27.2 Å². The molecule has 3 atom stereocenters. The quantitative estimate of drug-likeness (QED) is 0.699. The fraction of sp³-hybridized carbons (Fsp3) is 0.909. The van der Waals surface area contributed by atoms with Crippen LogP contribution in [0.2, 0.25) is 0 Å². The van der Waals surface area contributed by atoms with Gasteiger partial charge < -0.3 is 9.84 Å². The Morgan fingerprint density at radius 2 is 2.20 bits per heavy atom. The zero-order chi connectivity index (χ0) is 11.4. The number of carbonyl (C=O) groups excluding carboxylic acids is 1. The van der Waals surface area contributed by atoms with Crippen LogP contribution in [0.25, 0.3) is 0 Å². The van der Waals surface area contributed by atoms with Gasteiger partial charge in [-0.05, 0) is 19.3 Å². The number of β-amino-alcohol motifs (C(OH)–C–C–N with tert-alkyl or cyclic N) is 1. The SMILES string of the molecule is CCOC(=O)C(CC)N1CC(C)C(O)C1. The molecule has 0 aromatic carbocycles. The molecule has 1 saturated heterocycles. The minimum absolute atomic E-state index is 0.165. The molecule has 1 N–H and O–H groups in total. The highest BCUT2D eigenvalue weighted by molar-refractivity contribution is 5.75. The number of ether oxygens (including phenoxy) is 1. The van der Waals surface area contributed by atoms with E-state index in [2.05, 4.69) is 0 Å². The van der Waals surface area contributed by atoms with Crippen molar-refractivity contribution < 1.29 is 14.6 Å². The predicted molar refractivity (Wildman–Crippen MR) is 57.5 cm³/mol. The van der Waals surface area contributed by atoms with E-state index in [1.165, 1.54) is 0 Å². The van der Waals surface area contributed by atoms with Crippen LogP contribution in [0.3, 0.4) is 0 Å². The summed E-state index contributed by atoms with van der Waals surface area (Å²) in [5.74, 6) is 0.0785. The predicted octanol–water partition coefficient (Wildman–Crippen LogP) is 0.641. The number of hydrogen-bond acceptors (Lipinski definition) is 4. The first-order valence-corrected chi connectivity index (χ1v) is 5.68. The van der Waals surface area contributed by atoms with Crippen molar-refractivity contribution in [1.29, 1.82) is 0 Å². The maximum atomic E-state index is 11.6. The van der Waals surface area contributed by atoms with Crippen LogP contribution in [-0.4, -0.2) is 47.8 Å². The van der Waals surface area contributed by atoms with Gasteiger partial charge in [-0.25, -0.2) is 0 Å². The van der Waals surface area contributed by atoms with E-state index < -0.39 is 0 Å². The number of esters is 1. The van der Waals surface area contributed by atoms with Gasteiger partial charge in [0.05, 0.1) is 12.7 Å². The molecule has 0 aromatic rings. The summed E-state index contributed by atoms with van der Waals surface area (Å²) in [6.07, 6.45) is 0.423. The maximum Gasteiger partial charge on any atom is 0.323 e. The molecule has 0 amide bonds. The molecule has 1 aliphatic heterocycles. The van der Waals surface area contributed by atoms with E-state index >= 15 is 0 Å². The zero-order valence-electron chi connectivity index (χ0n) is 9.77. The minimum Gasteiger partial charge on any atom is -0.465 e. The van der Waals surface area contributed by atoms with Crippen LogP contribution < -0.4 is 0 Å². The summed E-state index contributed by atoms with van der Waals surface area (Å²) < 4.78 is 5.02. The molecule has 1 aliphatic rings. The first kappa shape index (κ1) is 12.5. The molecule has 15 heavy (non-hydrogen) atoms. The Bertz CT molecular complexity index is 210. The Kier molecular flexibility index (Phi) is 4.54. The van der Waals surface area contributed by atoms with Crippen molar-refractivity contribution in [1.82, 2.24) is 4.90 Å². The smallest absolute Gasteiger partial charge is 0.323 e. The van der Waals surface area contributed by atoms with Gasteiger partial charge in [0.15, 0.2) is 0 Å². The second-order valence-electron chi connectivity index (χ2n) is 4.17. The van der Waals surface area contributed by atoms with E-state index in [9.17, 15) is 9.90 Å². The molecule has 0 spiro atoms. The Morgan fingerprint density at radius 3 is 2.60 bits per heavy atom. The largest absolute Gasteiger partial charge is 0.465 e. The van der Waals surface area contributed by atoms with Gasteiger partial charge in [0.1, 0.15) is 6.04 Å². The molecule has 1 heterocycles. The highest BCUT2D eigenvalue weighted by Crippen LogP contribution is 2.20. The Labute approximate surface area is 91.2 Å². The first-order valence-electron chi connectivity index (χ1n) is 5.68. The summed E-state index contributed by atoms with van der Waals surface area (Å²) in [7, 11) is 0. The van der Waals surface area contributed by atoms with E-state index in [-0.39, 0.29) is 24.0 Å². The van der Waals surface area contributed by atoms with Crippen molar-refractivity contribution >= 4 is 5.97 Å². The molecule has 0 bridgehead atoms. The normalized spacial score (nSPS) is 29.1. The average Bonchev–Trinajstić information content (AvgIpc) is 2.48. The third kappa shape index (κ3) is 2.92. The fourth-order valence-electron chi connectivity index (χ4n) is 2.05. The highest BCUT2D eigenvalue weighted by atomic mass is 16.5. The maximum absolute atomic E-state index is 11.6. The molecule has 4 heteroatoms. The van der Waals surface area contributed by atoms with Gasteiger partial charge in [-0.3, -0.25) is 9.69 Å². The molecule has 0 aliphatic carbocycles.